The first-order valence-corrected chi connectivity index (χ1v) is 6.74. The van der Waals surface area contributed by atoms with Crippen LogP contribution in [0, 0.1) is 0 Å². The first-order valence-electron chi connectivity index (χ1n) is 5.86. The number of aliphatic hydroxyl groups excluding tert-OH is 1. The van der Waals surface area contributed by atoms with Gasteiger partial charge in [0.1, 0.15) is 11.0 Å². The van der Waals surface area contributed by atoms with Gasteiger partial charge in [0.05, 0.1) is 12.1 Å². The number of likely N-dealkylation sites (tertiary alicyclic amines) is 1. The van der Waals surface area contributed by atoms with Gasteiger partial charge < -0.3 is 20.4 Å². The Labute approximate surface area is 113 Å². The van der Waals surface area contributed by atoms with Crippen molar-refractivity contribution in [2.24, 2.45) is 0 Å². The number of nitrogens with one attached hydrogen (secondary N) is 1. The maximum absolute atomic E-state index is 12.0. The number of hydrogen-bond donors (Lipinski definition) is 3. The number of β-amino-alcohol motifs (C(OH)–C–C–N with tert-alkyl or cyclic N) is 1. The molecule has 2 amide bonds. The topological polar surface area (TPSA) is 103 Å². The minimum atomic E-state index is -1.10. The monoisotopic (exact) mass is 285 g/mol. The maximum atomic E-state index is 12.0. The van der Waals surface area contributed by atoms with Crippen molar-refractivity contribution in [3.8, 4) is 0 Å². The number of amides is 2. The number of aliphatic hydroxyl groups is 1. The number of hydrogen-bond acceptors (Lipinski definition) is 5. The Morgan fingerprint density at radius 1 is 1.63 bits per heavy atom. The highest BCUT2D eigenvalue weighted by molar-refractivity contribution is 7.09. The van der Waals surface area contributed by atoms with Crippen molar-refractivity contribution in [2.75, 3.05) is 6.54 Å². The quantitative estimate of drug-likeness (QED) is 0.747. The summed E-state index contributed by atoms with van der Waals surface area (Å²) in [5.41, 5.74) is 0. The van der Waals surface area contributed by atoms with Crippen molar-refractivity contribution >= 4 is 23.3 Å². The van der Waals surface area contributed by atoms with Crippen molar-refractivity contribution in [1.82, 2.24) is 15.2 Å². The molecule has 1 aliphatic rings. The van der Waals surface area contributed by atoms with Gasteiger partial charge in [-0.1, -0.05) is 0 Å². The molecular weight excluding hydrogens is 270 g/mol. The first-order chi connectivity index (χ1) is 8.99. The standard InChI is InChI=1S/C11H15N3O4S/c1-6(9-12-2-3-19-9)13-11(18)14-5-7(15)4-8(14)10(16)17/h2-3,6-8,15H,4-5H2,1H3,(H,13,18)(H,16,17)/t6?,7?,8-/m0/s1. The van der Waals surface area contributed by atoms with E-state index in [9.17, 15) is 14.7 Å². The third kappa shape index (κ3) is 3.02. The molecule has 2 rings (SSSR count). The third-order valence-electron chi connectivity index (χ3n) is 2.99. The molecule has 1 aromatic heterocycles. The summed E-state index contributed by atoms with van der Waals surface area (Å²) in [6, 6.07) is -1.76. The molecule has 104 valence electrons. The summed E-state index contributed by atoms with van der Waals surface area (Å²) in [5.74, 6) is -1.10. The highest BCUT2D eigenvalue weighted by Crippen LogP contribution is 2.20. The van der Waals surface area contributed by atoms with Crippen molar-refractivity contribution in [1.29, 1.82) is 0 Å². The zero-order valence-electron chi connectivity index (χ0n) is 10.3. The second-order valence-electron chi connectivity index (χ2n) is 4.44. The van der Waals surface area contributed by atoms with E-state index >= 15 is 0 Å². The van der Waals surface area contributed by atoms with Crippen LogP contribution in [0.4, 0.5) is 4.79 Å². The Balaban J connectivity index is 2.01. The second kappa shape index (κ2) is 5.54. The molecular formula is C11H15N3O4S. The molecule has 1 fully saturated rings. The van der Waals surface area contributed by atoms with Crippen molar-refractivity contribution in [3.63, 3.8) is 0 Å². The maximum Gasteiger partial charge on any atom is 0.326 e. The fourth-order valence-electron chi connectivity index (χ4n) is 2.05. The summed E-state index contributed by atoms with van der Waals surface area (Å²) in [6.07, 6.45) is 0.915. The molecule has 0 saturated carbocycles. The van der Waals surface area contributed by atoms with Gasteiger partial charge in [-0.15, -0.1) is 11.3 Å². The SMILES string of the molecule is CC(NC(=O)N1CC(O)C[C@H]1C(=O)O)c1nccs1. The zero-order valence-corrected chi connectivity index (χ0v) is 11.1. The van der Waals surface area contributed by atoms with Gasteiger partial charge in [-0.25, -0.2) is 14.6 Å². The van der Waals surface area contributed by atoms with Gasteiger partial charge in [0.15, 0.2) is 0 Å². The lowest BCUT2D eigenvalue weighted by Gasteiger charge is -2.23. The number of urea groups is 1. The summed E-state index contributed by atoms with van der Waals surface area (Å²) in [7, 11) is 0. The highest BCUT2D eigenvalue weighted by atomic mass is 32.1. The highest BCUT2D eigenvalue weighted by Gasteiger charge is 2.39. The Morgan fingerprint density at radius 2 is 2.37 bits per heavy atom. The van der Waals surface area contributed by atoms with Gasteiger partial charge in [-0.05, 0) is 6.92 Å². The van der Waals surface area contributed by atoms with Crippen LogP contribution in [0.5, 0.6) is 0 Å². The van der Waals surface area contributed by atoms with Crippen LogP contribution in [0.25, 0.3) is 0 Å². The van der Waals surface area contributed by atoms with Crippen LogP contribution in [0.3, 0.4) is 0 Å². The number of carboxylic acid groups (broad SMARTS) is 1. The number of aromatic nitrogens is 1. The number of carbonyl (C=O) groups excluding carboxylic acids is 1. The van der Waals surface area contributed by atoms with Gasteiger partial charge in [-0.2, -0.15) is 0 Å². The lowest BCUT2D eigenvalue weighted by molar-refractivity contribution is -0.141. The molecule has 1 saturated heterocycles. The Morgan fingerprint density at radius 3 is 2.95 bits per heavy atom. The molecule has 3 N–H and O–H groups in total. The number of aliphatic carboxylic acids is 1. The Kier molecular flexibility index (Phi) is 4.01. The van der Waals surface area contributed by atoms with E-state index in [1.807, 2.05) is 0 Å². The first kappa shape index (κ1) is 13.8. The van der Waals surface area contributed by atoms with Crippen LogP contribution >= 0.6 is 11.3 Å². The summed E-state index contributed by atoms with van der Waals surface area (Å²) in [4.78, 5) is 28.3. The molecule has 0 aliphatic carbocycles. The smallest absolute Gasteiger partial charge is 0.326 e. The van der Waals surface area contributed by atoms with E-state index in [-0.39, 0.29) is 19.0 Å². The molecule has 3 atom stereocenters. The molecule has 2 unspecified atom stereocenters. The fraction of sp³-hybridized carbons (Fsp3) is 0.545. The average Bonchev–Trinajstić information content (AvgIpc) is 2.96. The lowest BCUT2D eigenvalue weighted by Crippen LogP contribution is -2.46. The summed E-state index contributed by atoms with van der Waals surface area (Å²) in [5, 5.41) is 23.8. The predicted molar refractivity (Wildman–Crippen MR) is 67.8 cm³/mol. The van der Waals surface area contributed by atoms with Gasteiger partial charge in [0.2, 0.25) is 0 Å². The van der Waals surface area contributed by atoms with E-state index in [1.165, 1.54) is 11.3 Å². The summed E-state index contributed by atoms with van der Waals surface area (Å²) in [6.45, 7) is 1.81. The predicted octanol–water partition coefficient (Wildman–Crippen LogP) is 0.433. The van der Waals surface area contributed by atoms with Crippen molar-refractivity contribution in [2.45, 2.75) is 31.5 Å². The Bertz CT molecular complexity index is 465. The van der Waals surface area contributed by atoms with Crippen LogP contribution in [0.1, 0.15) is 24.4 Å². The van der Waals surface area contributed by atoms with Gasteiger partial charge in [-0.3, -0.25) is 0 Å². The molecule has 2 heterocycles. The fourth-order valence-corrected chi connectivity index (χ4v) is 2.70. The van der Waals surface area contributed by atoms with Crippen LogP contribution in [-0.2, 0) is 4.79 Å². The van der Waals surface area contributed by atoms with Crippen LogP contribution in [-0.4, -0.2) is 50.8 Å². The van der Waals surface area contributed by atoms with Crippen molar-refractivity contribution < 1.29 is 19.8 Å². The average molecular weight is 285 g/mol. The van der Waals surface area contributed by atoms with E-state index in [0.29, 0.717) is 0 Å². The molecule has 1 aromatic rings. The number of carbonyl (C=O) groups is 2. The minimum absolute atomic E-state index is 0.0351. The molecule has 19 heavy (non-hydrogen) atoms. The molecule has 1 aliphatic heterocycles. The number of nitrogens with zero attached hydrogens (tertiary/aromatic N) is 2. The number of carboxylic acids is 1. The molecule has 8 heteroatoms. The van der Waals surface area contributed by atoms with Crippen LogP contribution in [0.2, 0.25) is 0 Å². The number of rotatable bonds is 3. The van der Waals surface area contributed by atoms with Gasteiger partial charge >= 0.3 is 12.0 Å². The van der Waals surface area contributed by atoms with E-state index in [2.05, 4.69) is 10.3 Å². The largest absolute Gasteiger partial charge is 0.480 e. The zero-order chi connectivity index (χ0) is 14.0. The normalized spacial score (nSPS) is 24.2. The van der Waals surface area contributed by atoms with E-state index < -0.39 is 24.1 Å². The molecule has 0 radical (unpaired) electrons. The van der Waals surface area contributed by atoms with E-state index in [0.717, 1.165) is 9.91 Å². The van der Waals surface area contributed by atoms with Gasteiger partial charge in [0.25, 0.3) is 0 Å². The van der Waals surface area contributed by atoms with Gasteiger partial charge in [0, 0.05) is 24.5 Å². The number of thiazole rings is 1. The second-order valence-corrected chi connectivity index (χ2v) is 5.36. The minimum Gasteiger partial charge on any atom is -0.480 e. The molecule has 7 nitrogen and oxygen atoms in total. The molecule has 0 bridgehead atoms. The van der Waals surface area contributed by atoms with E-state index in [1.54, 1.807) is 18.5 Å². The third-order valence-corrected chi connectivity index (χ3v) is 3.95. The van der Waals surface area contributed by atoms with Crippen LogP contribution in [0.15, 0.2) is 11.6 Å². The van der Waals surface area contributed by atoms with Crippen LogP contribution < -0.4 is 5.32 Å². The molecule has 0 spiro atoms. The molecule has 0 aromatic carbocycles. The van der Waals surface area contributed by atoms with E-state index in [4.69, 9.17) is 5.11 Å². The summed E-state index contributed by atoms with van der Waals surface area (Å²) < 4.78 is 0. The van der Waals surface area contributed by atoms with Crippen molar-refractivity contribution in [3.05, 3.63) is 16.6 Å². The summed E-state index contributed by atoms with van der Waals surface area (Å²) >= 11 is 1.41. The Hall–Kier alpha value is -1.67. The lowest BCUT2D eigenvalue weighted by atomic mass is 10.2.